The average molecular weight is 266 g/mol. The van der Waals surface area contributed by atoms with E-state index in [0.717, 1.165) is 5.56 Å². The lowest BCUT2D eigenvalue weighted by Crippen LogP contribution is -2.39. The summed E-state index contributed by atoms with van der Waals surface area (Å²) in [5.74, 6) is -0.752. The van der Waals surface area contributed by atoms with E-state index in [9.17, 15) is 9.90 Å². The van der Waals surface area contributed by atoms with E-state index in [2.05, 4.69) is 10.5 Å². The van der Waals surface area contributed by atoms with Gasteiger partial charge in [0.2, 0.25) is 5.91 Å². The number of nitrogens with zero attached hydrogens (tertiary/aromatic N) is 1. The molecule has 0 saturated carbocycles. The molecule has 0 heterocycles. The number of carbonyl (C=O) groups excluding carboxylic acids is 1. The number of primary amides is 1. The van der Waals surface area contributed by atoms with Gasteiger partial charge in [0.15, 0.2) is 0 Å². The van der Waals surface area contributed by atoms with E-state index in [-0.39, 0.29) is 24.8 Å². The first-order valence-electron chi connectivity index (χ1n) is 5.76. The number of hydrogen-bond acceptors (Lipinski definition) is 5. The molecular formula is C12H18N4O3. The summed E-state index contributed by atoms with van der Waals surface area (Å²) in [6, 6.07) is 8.99. The SMILES string of the molecule is NC(=O)C(O)CNC(C/C(N)=N/O)c1ccccc1. The summed E-state index contributed by atoms with van der Waals surface area (Å²) in [5, 5.41) is 23.8. The summed E-state index contributed by atoms with van der Waals surface area (Å²) in [4.78, 5) is 10.8. The van der Waals surface area contributed by atoms with Gasteiger partial charge in [-0.15, -0.1) is 0 Å². The zero-order valence-electron chi connectivity index (χ0n) is 10.4. The van der Waals surface area contributed by atoms with Gasteiger partial charge in [-0.1, -0.05) is 35.5 Å². The van der Waals surface area contributed by atoms with Gasteiger partial charge in [-0.3, -0.25) is 4.79 Å². The first-order valence-corrected chi connectivity index (χ1v) is 5.76. The quantitative estimate of drug-likeness (QED) is 0.192. The van der Waals surface area contributed by atoms with Crippen molar-refractivity contribution < 1.29 is 15.1 Å². The molecule has 7 N–H and O–H groups in total. The van der Waals surface area contributed by atoms with Gasteiger partial charge in [0.05, 0.1) is 0 Å². The normalized spacial score (nSPS) is 14.9. The van der Waals surface area contributed by atoms with Crippen LogP contribution in [-0.4, -0.2) is 34.7 Å². The molecule has 0 spiro atoms. The van der Waals surface area contributed by atoms with Crippen molar-refractivity contribution >= 4 is 11.7 Å². The highest BCUT2D eigenvalue weighted by molar-refractivity contribution is 5.80. The zero-order chi connectivity index (χ0) is 14.3. The fourth-order valence-electron chi connectivity index (χ4n) is 1.60. The predicted molar refractivity (Wildman–Crippen MR) is 70.4 cm³/mol. The summed E-state index contributed by atoms with van der Waals surface area (Å²) in [6.07, 6.45) is -1.04. The number of aliphatic hydroxyl groups excluding tert-OH is 1. The van der Waals surface area contributed by atoms with Crippen molar-refractivity contribution in [3.63, 3.8) is 0 Å². The first-order chi connectivity index (χ1) is 9.04. The van der Waals surface area contributed by atoms with Crippen LogP contribution < -0.4 is 16.8 Å². The molecule has 0 saturated heterocycles. The van der Waals surface area contributed by atoms with E-state index in [4.69, 9.17) is 16.7 Å². The van der Waals surface area contributed by atoms with E-state index in [1.165, 1.54) is 0 Å². The number of hydrogen-bond donors (Lipinski definition) is 5. The minimum atomic E-state index is -1.28. The summed E-state index contributed by atoms with van der Waals surface area (Å²) in [5.41, 5.74) is 11.3. The standard InChI is InChI=1S/C12H18N4O3/c13-11(16-19)6-9(8-4-2-1-3-5-8)15-7-10(17)12(14)18/h1-5,9-10,15,17,19H,6-7H2,(H2,13,16)(H2,14,18). The largest absolute Gasteiger partial charge is 0.409 e. The van der Waals surface area contributed by atoms with Crippen molar-refractivity contribution in [1.82, 2.24) is 5.32 Å². The van der Waals surface area contributed by atoms with Gasteiger partial charge < -0.3 is 27.1 Å². The molecule has 0 aliphatic rings. The lowest BCUT2D eigenvalue weighted by molar-refractivity contribution is -0.125. The summed E-state index contributed by atoms with van der Waals surface area (Å²) in [6.45, 7) is -0.00635. The third-order valence-electron chi connectivity index (χ3n) is 2.63. The summed E-state index contributed by atoms with van der Waals surface area (Å²) < 4.78 is 0. The van der Waals surface area contributed by atoms with E-state index >= 15 is 0 Å². The fourth-order valence-corrected chi connectivity index (χ4v) is 1.60. The number of nitrogens with one attached hydrogen (secondary N) is 1. The van der Waals surface area contributed by atoms with Gasteiger partial charge in [-0.25, -0.2) is 0 Å². The van der Waals surface area contributed by atoms with E-state index in [1.54, 1.807) is 0 Å². The Morgan fingerprint density at radius 3 is 2.47 bits per heavy atom. The molecule has 104 valence electrons. The number of aliphatic hydroxyl groups is 1. The molecule has 19 heavy (non-hydrogen) atoms. The third-order valence-corrected chi connectivity index (χ3v) is 2.63. The number of carbonyl (C=O) groups is 1. The number of rotatable bonds is 7. The molecule has 1 amide bonds. The molecule has 0 aliphatic carbocycles. The van der Waals surface area contributed by atoms with Crippen LogP contribution in [0.4, 0.5) is 0 Å². The lowest BCUT2D eigenvalue weighted by atomic mass is 10.0. The predicted octanol–water partition coefficient (Wildman–Crippen LogP) is -0.700. The van der Waals surface area contributed by atoms with Crippen LogP contribution in [0, 0.1) is 0 Å². The Balaban J connectivity index is 2.73. The highest BCUT2D eigenvalue weighted by Gasteiger charge is 2.17. The molecule has 1 aromatic rings. The number of amides is 1. The van der Waals surface area contributed by atoms with E-state index in [0.29, 0.717) is 0 Å². The van der Waals surface area contributed by atoms with Crippen molar-refractivity contribution in [2.45, 2.75) is 18.6 Å². The molecule has 7 nitrogen and oxygen atoms in total. The number of oxime groups is 1. The second-order valence-corrected chi connectivity index (χ2v) is 4.09. The zero-order valence-corrected chi connectivity index (χ0v) is 10.4. The first kappa shape index (κ1) is 14.9. The minimum Gasteiger partial charge on any atom is -0.409 e. The van der Waals surface area contributed by atoms with Crippen LogP contribution >= 0.6 is 0 Å². The molecule has 0 bridgehead atoms. The average Bonchev–Trinajstić information content (AvgIpc) is 2.43. The van der Waals surface area contributed by atoms with Crippen LogP contribution in [0.5, 0.6) is 0 Å². The van der Waals surface area contributed by atoms with Crippen LogP contribution in [0.25, 0.3) is 0 Å². The van der Waals surface area contributed by atoms with Crippen LogP contribution in [-0.2, 0) is 4.79 Å². The van der Waals surface area contributed by atoms with Crippen LogP contribution in [0.1, 0.15) is 18.0 Å². The number of amidine groups is 1. The maximum atomic E-state index is 10.8. The van der Waals surface area contributed by atoms with E-state index < -0.39 is 12.0 Å². The van der Waals surface area contributed by atoms with Crippen molar-refractivity contribution in [1.29, 1.82) is 0 Å². The van der Waals surface area contributed by atoms with Crippen LogP contribution in [0.15, 0.2) is 35.5 Å². The van der Waals surface area contributed by atoms with Gasteiger partial charge in [0.1, 0.15) is 11.9 Å². The Morgan fingerprint density at radius 2 is 1.95 bits per heavy atom. The molecular weight excluding hydrogens is 248 g/mol. The molecule has 0 aromatic heterocycles. The number of nitrogens with two attached hydrogens (primary N) is 2. The highest BCUT2D eigenvalue weighted by Crippen LogP contribution is 2.16. The Labute approximate surface area is 110 Å². The number of benzene rings is 1. The van der Waals surface area contributed by atoms with Gasteiger partial charge in [0.25, 0.3) is 0 Å². The van der Waals surface area contributed by atoms with Gasteiger partial charge in [0, 0.05) is 19.0 Å². The molecule has 0 aliphatic heterocycles. The third kappa shape index (κ3) is 4.94. The van der Waals surface area contributed by atoms with Gasteiger partial charge in [-0.2, -0.15) is 0 Å². The maximum absolute atomic E-state index is 10.8. The fraction of sp³-hybridized carbons (Fsp3) is 0.333. The monoisotopic (exact) mass is 266 g/mol. The topological polar surface area (TPSA) is 134 Å². The smallest absolute Gasteiger partial charge is 0.247 e. The maximum Gasteiger partial charge on any atom is 0.247 e. The molecule has 2 unspecified atom stereocenters. The molecule has 2 atom stereocenters. The second kappa shape index (κ2) is 7.34. The summed E-state index contributed by atoms with van der Waals surface area (Å²) in [7, 11) is 0. The molecule has 0 fully saturated rings. The Hall–Kier alpha value is -2.12. The van der Waals surface area contributed by atoms with Crippen LogP contribution in [0.3, 0.4) is 0 Å². The van der Waals surface area contributed by atoms with Gasteiger partial charge >= 0.3 is 0 Å². The van der Waals surface area contributed by atoms with Crippen molar-refractivity contribution in [3.8, 4) is 0 Å². The highest BCUT2D eigenvalue weighted by atomic mass is 16.4. The second-order valence-electron chi connectivity index (χ2n) is 4.09. The molecule has 1 rings (SSSR count). The summed E-state index contributed by atoms with van der Waals surface area (Å²) >= 11 is 0. The minimum absolute atomic E-state index is 0.00635. The van der Waals surface area contributed by atoms with Gasteiger partial charge in [-0.05, 0) is 5.56 Å². The van der Waals surface area contributed by atoms with E-state index in [1.807, 2.05) is 30.3 Å². The molecule has 0 radical (unpaired) electrons. The molecule has 7 heteroatoms. The Morgan fingerprint density at radius 1 is 1.32 bits per heavy atom. The lowest BCUT2D eigenvalue weighted by Gasteiger charge is -2.19. The van der Waals surface area contributed by atoms with Crippen molar-refractivity contribution in [2.24, 2.45) is 16.6 Å². The van der Waals surface area contributed by atoms with Crippen LogP contribution in [0.2, 0.25) is 0 Å². The Kier molecular flexibility index (Phi) is 5.77. The molecule has 1 aromatic carbocycles. The Bertz CT molecular complexity index is 436. The van der Waals surface area contributed by atoms with Crippen molar-refractivity contribution in [2.75, 3.05) is 6.54 Å². The van der Waals surface area contributed by atoms with Crippen molar-refractivity contribution in [3.05, 3.63) is 35.9 Å².